The molecule has 0 radical (unpaired) electrons. The number of sulfonamides is 1. The first-order valence-corrected chi connectivity index (χ1v) is 12.7. The number of rotatable bonds is 9. The zero-order chi connectivity index (χ0) is 23.8. The zero-order valence-electron chi connectivity index (χ0n) is 18.9. The van der Waals surface area contributed by atoms with Crippen LogP contribution in [0.15, 0.2) is 83.8 Å². The van der Waals surface area contributed by atoms with Crippen LogP contribution in [-0.4, -0.2) is 39.0 Å². The Labute approximate surface area is 200 Å². The van der Waals surface area contributed by atoms with Gasteiger partial charge in [-0.25, -0.2) is 13.1 Å². The lowest BCUT2D eigenvalue weighted by Crippen LogP contribution is -2.34. The van der Waals surface area contributed by atoms with E-state index in [2.05, 4.69) is 4.72 Å². The van der Waals surface area contributed by atoms with Crippen LogP contribution in [0.25, 0.3) is 0 Å². The van der Waals surface area contributed by atoms with Crippen LogP contribution in [0.3, 0.4) is 0 Å². The lowest BCUT2D eigenvalue weighted by atomic mass is 10.1. The molecule has 4 rings (SSSR count). The first-order chi connectivity index (χ1) is 16.5. The van der Waals surface area contributed by atoms with E-state index < -0.39 is 10.0 Å². The van der Waals surface area contributed by atoms with E-state index in [-0.39, 0.29) is 23.8 Å². The molecule has 3 aromatic carbocycles. The van der Waals surface area contributed by atoms with Crippen LogP contribution in [0, 0.1) is 0 Å². The SMILES string of the molecule is O=C(CCNS(=O)(=O)c1ccc2c(c1)OCCCO2)N(Cc1ccccc1)Cc1ccccc1. The number of nitrogens with zero attached hydrogens (tertiary/aromatic N) is 1. The third-order valence-electron chi connectivity index (χ3n) is 5.45. The van der Waals surface area contributed by atoms with Crippen LogP contribution in [0.2, 0.25) is 0 Å². The minimum absolute atomic E-state index is 0.00428. The fourth-order valence-corrected chi connectivity index (χ4v) is 4.73. The van der Waals surface area contributed by atoms with Crippen LogP contribution in [0.5, 0.6) is 11.5 Å². The molecule has 178 valence electrons. The van der Waals surface area contributed by atoms with Crippen LogP contribution in [0.1, 0.15) is 24.0 Å². The first-order valence-electron chi connectivity index (χ1n) is 11.3. The average molecular weight is 481 g/mol. The summed E-state index contributed by atoms with van der Waals surface area (Å²) in [5.74, 6) is 0.812. The quantitative estimate of drug-likeness (QED) is 0.504. The number of hydrogen-bond donors (Lipinski definition) is 1. The van der Waals surface area contributed by atoms with Crippen LogP contribution in [0.4, 0.5) is 0 Å². The van der Waals surface area contributed by atoms with Crippen molar-refractivity contribution in [3.8, 4) is 11.5 Å². The van der Waals surface area contributed by atoms with Crippen molar-refractivity contribution < 1.29 is 22.7 Å². The van der Waals surface area contributed by atoms with Crippen molar-refractivity contribution in [3.05, 3.63) is 90.0 Å². The van der Waals surface area contributed by atoms with Crippen molar-refractivity contribution in [2.75, 3.05) is 19.8 Å². The van der Waals surface area contributed by atoms with Crippen LogP contribution >= 0.6 is 0 Å². The molecule has 8 heteroatoms. The second kappa shape index (κ2) is 11.2. The van der Waals surface area contributed by atoms with Crippen molar-refractivity contribution in [1.82, 2.24) is 9.62 Å². The van der Waals surface area contributed by atoms with Gasteiger partial charge in [0.1, 0.15) is 0 Å². The molecule has 3 aromatic rings. The van der Waals surface area contributed by atoms with Gasteiger partial charge in [-0.15, -0.1) is 0 Å². The highest BCUT2D eigenvalue weighted by atomic mass is 32.2. The summed E-state index contributed by atoms with van der Waals surface area (Å²) in [6, 6.07) is 24.0. The summed E-state index contributed by atoms with van der Waals surface area (Å²) in [7, 11) is -3.80. The van der Waals surface area contributed by atoms with Gasteiger partial charge in [0.2, 0.25) is 15.9 Å². The van der Waals surface area contributed by atoms with Gasteiger partial charge < -0.3 is 14.4 Å². The summed E-state index contributed by atoms with van der Waals surface area (Å²) < 4.78 is 39.3. The Morgan fingerprint density at radius 2 is 1.41 bits per heavy atom. The third kappa shape index (κ3) is 6.36. The number of carbonyl (C=O) groups is 1. The molecular formula is C26H28N2O5S. The topological polar surface area (TPSA) is 84.9 Å². The Morgan fingerprint density at radius 3 is 2.03 bits per heavy atom. The average Bonchev–Trinajstić information content (AvgIpc) is 3.10. The molecule has 0 unspecified atom stereocenters. The van der Waals surface area contributed by atoms with E-state index >= 15 is 0 Å². The molecule has 0 aromatic heterocycles. The van der Waals surface area contributed by atoms with E-state index in [0.717, 1.165) is 17.5 Å². The maximum Gasteiger partial charge on any atom is 0.240 e. The van der Waals surface area contributed by atoms with E-state index in [1.54, 1.807) is 11.0 Å². The molecule has 1 heterocycles. The second-order valence-electron chi connectivity index (χ2n) is 8.03. The maximum absolute atomic E-state index is 13.1. The van der Waals surface area contributed by atoms with Crippen molar-refractivity contribution in [1.29, 1.82) is 0 Å². The van der Waals surface area contributed by atoms with E-state index in [1.165, 1.54) is 12.1 Å². The van der Waals surface area contributed by atoms with Crippen molar-refractivity contribution in [2.45, 2.75) is 30.8 Å². The Morgan fingerprint density at radius 1 is 0.824 bits per heavy atom. The summed E-state index contributed by atoms with van der Waals surface area (Å²) in [5.41, 5.74) is 2.03. The molecule has 0 aliphatic carbocycles. The highest BCUT2D eigenvalue weighted by Gasteiger charge is 2.20. The monoisotopic (exact) mass is 480 g/mol. The summed E-state index contributed by atoms with van der Waals surface area (Å²) in [6.07, 6.45) is 0.781. The minimum Gasteiger partial charge on any atom is -0.490 e. The van der Waals surface area contributed by atoms with Gasteiger partial charge in [0, 0.05) is 38.5 Å². The summed E-state index contributed by atoms with van der Waals surface area (Å²) in [5, 5.41) is 0. The van der Waals surface area contributed by atoms with E-state index in [4.69, 9.17) is 9.47 Å². The van der Waals surface area contributed by atoms with E-state index in [1.807, 2.05) is 60.7 Å². The summed E-state index contributed by atoms with van der Waals surface area (Å²) >= 11 is 0. The number of hydrogen-bond acceptors (Lipinski definition) is 5. The van der Waals surface area contributed by atoms with Gasteiger partial charge in [-0.2, -0.15) is 0 Å². The number of ether oxygens (including phenoxy) is 2. The first kappa shape index (κ1) is 23.8. The molecule has 0 bridgehead atoms. The molecular weight excluding hydrogens is 452 g/mol. The Kier molecular flexibility index (Phi) is 7.82. The standard InChI is InChI=1S/C26H28N2O5S/c29-26(28(19-21-8-3-1-4-9-21)20-22-10-5-2-6-11-22)14-15-27-34(30,31)23-12-13-24-25(18-23)33-17-7-16-32-24/h1-6,8-13,18,27H,7,14-17,19-20H2. The third-order valence-corrected chi connectivity index (χ3v) is 6.90. The molecule has 34 heavy (non-hydrogen) atoms. The van der Waals surface area contributed by atoms with Gasteiger partial charge in [0.15, 0.2) is 11.5 Å². The van der Waals surface area contributed by atoms with E-state index in [0.29, 0.717) is 37.8 Å². The number of benzene rings is 3. The number of fused-ring (bicyclic) bond motifs is 1. The molecule has 1 aliphatic rings. The Hall–Kier alpha value is -3.36. The number of carbonyl (C=O) groups excluding carboxylic acids is 1. The van der Waals surface area contributed by atoms with Crippen molar-refractivity contribution >= 4 is 15.9 Å². The predicted octanol–water partition coefficient (Wildman–Crippen LogP) is 3.75. The maximum atomic E-state index is 13.1. The smallest absolute Gasteiger partial charge is 0.240 e. The van der Waals surface area contributed by atoms with Gasteiger partial charge in [-0.05, 0) is 23.3 Å². The number of amides is 1. The molecule has 1 amide bonds. The summed E-state index contributed by atoms with van der Waals surface area (Å²) in [4.78, 5) is 14.9. The Balaban J connectivity index is 1.40. The molecule has 0 spiro atoms. The highest BCUT2D eigenvalue weighted by molar-refractivity contribution is 7.89. The molecule has 1 N–H and O–H groups in total. The van der Waals surface area contributed by atoms with Gasteiger partial charge in [0.25, 0.3) is 0 Å². The number of nitrogens with one attached hydrogen (secondary N) is 1. The van der Waals surface area contributed by atoms with Crippen LogP contribution in [-0.2, 0) is 27.9 Å². The molecule has 0 fully saturated rings. The molecule has 0 atom stereocenters. The van der Waals surface area contributed by atoms with Crippen molar-refractivity contribution in [3.63, 3.8) is 0 Å². The fourth-order valence-electron chi connectivity index (χ4n) is 3.68. The Bertz CT molecular complexity index is 1160. The van der Waals surface area contributed by atoms with Gasteiger partial charge in [-0.1, -0.05) is 60.7 Å². The van der Waals surface area contributed by atoms with E-state index in [9.17, 15) is 13.2 Å². The fraction of sp³-hybridized carbons (Fsp3) is 0.269. The zero-order valence-corrected chi connectivity index (χ0v) is 19.7. The van der Waals surface area contributed by atoms with Gasteiger partial charge in [-0.3, -0.25) is 4.79 Å². The largest absolute Gasteiger partial charge is 0.490 e. The lowest BCUT2D eigenvalue weighted by Gasteiger charge is -2.23. The molecule has 7 nitrogen and oxygen atoms in total. The lowest BCUT2D eigenvalue weighted by molar-refractivity contribution is -0.132. The van der Waals surface area contributed by atoms with Gasteiger partial charge >= 0.3 is 0 Å². The van der Waals surface area contributed by atoms with Gasteiger partial charge in [0.05, 0.1) is 18.1 Å². The predicted molar refractivity (Wildman–Crippen MR) is 129 cm³/mol. The van der Waals surface area contributed by atoms with Crippen LogP contribution < -0.4 is 14.2 Å². The molecule has 0 saturated carbocycles. The normalized spacial score (nSPS) is 13.2. The molecule has 0 saturated heterocycles. The molecule has 1 aliphatic heterocycles. The van der Waals surface area contributed by atoms with Crippen molar-refractivity contribution in [2.24, 2.45) is 0 Å². The second-order valence-corrected chi connectivity index (χ2v) is 9.79. The minimum atomic E-state index is -3.80. The summed E-state index contributed by atoms with van der Waals surface area (Å²) in [6.45, 7) is 1.89. The highest BCUT2D eigenvalue weighted by Crippen LogP contribution is 2.31.